The summed E-state index contributed by atoms with van der Waals surface area (Å²) in [7, 11) is 1.28. The average molecular weight is 298 g/mol. The number of methoxy groups -OCH3 is 1. The summed E-state index contributed by atoms with van der Waals surface area (Å²) in [5, 5.41) is 3.95. The first-order valence-electron chi connectivity index (χ1n) is 5.22. The van der Waals surface area contributed by atoms with Crippen LogP contribution >= 0.6 is 23.2 Å². The number of nitrogens with one attached hydrogen (secondary N) is 1. The fourth-order valence-corrected chi connectivity index (χ4v) is 1.70. The lowest BCUT2D eigenvalue weighted by molar-refractivity contribution is 0.0593. The first-order valence-corrected chi connectivity index (χ1v) is 5.98. The molecule has 0 aliphatic carbocycles. The Hall–Kier alpha value is -1.85. The molecule has 1 heterocycles. The van der Waals surface area contributed by atoms with Gasteiger partial charge in [0, 0.05) is 5.02 Å². The third-order valence-electron chi connectivity index (χ3n) is 2.22. The fourth-order valence-electron chi connectivity index (χ4n) is 1.36. The summed E-state index contributed by atoms with van der Waals surface area (Å²) in [6.07, 6.45) is 2.78. The first kappa shape index (κ1) is 13.6. The second-order valence-corrected chi connectivity index (χ2v) is 4.37. The largest absolute Gasteiger partial charge is 0.464 e. The minimum absolute atomic E-state index is 0.102. The highest BCUT2D eigenvalue weighted by atomic mass is 35.5. The zero-order valence-corrected chi connectivity index (χ0v) is 11.4. The van der Waals surface area contributed by atoms with Crippen molar-refractivity contribution in [1.29, 1.82) is 0 Å². The molecule has 98 valence electrons. The second kappa shape index (κ2) is 5.86. The van der Waals surface area contributed by atoms with Gasteiger partial charge in [-0.15, -0.1) is 0 Å². The van der Waals surface area contributed by atoms with E-state index in [1.807, 2.05) is 0 Å². The van der Waals surface area contributed by atoms with E-state index in [4.69, 9.17) is 23.2 Å². The van der Waals surface area contributed by atoms with E-state index in [2.05, 4.69) is 20.0 Å². The molecule has 0 aliphatic rings. The van der Waals surface area contributed by atoms with E-state index in [1.165, 1.54) is 19.5 Å². The number of esters is 1. The van der Waals surface area contributed by atoms with Crippen molar-refractivity contribution in [1.82, 2.24) is 9.97 Å². The second-order valence-electron chi connectivity index (χ2n) is 3.53. The van der Waals surface area contributed by atoms with Crippen molar-refractivity contribution in [2.24, 2.45) is 0 Å². The Kier molecular flexibility index (Phi) is 4.19. The van der Waals surface area contributed by atoms with Crippen LogP contribution in [0, 0.1) is 0 Å². The number of hydrogen-bond acceptors (Lipinski definition) is 5. The highest BCUT2D eigenvalue weighted by molar-refractivity contribution is 6.35. The maximum atomic E-state index is 11.3. The van der Waals surface area contributed by atoms with Crippen molar-refractivity contribution < 1.29 is 9.53 Å². The Labute approximate surface area is 119 Å². The molecule has 1 aromatic heterocycles. The number of benzene rings is 1. The molecule has 0 saturated heterocycles. The van der Waals surface area contributed by atoms with Gasteiger partial charge in [0.15, 0.2) is 5.69 Å². The highest BCUT2D eigenvalue weighted by Crippen LogP contribution is 2.27. The predicted molar refractivity (Wildman–Crippen MR) is 73.1 cm³/mol. The zero-order chi connectivity index (χ0) is 13.8. The monoisotopic (exact) mass is 297 g/mol. The van der Waals surface area contributed by atoms with E-state index >= 15 is 0 Å². The van der Waals surface area contributed by atoms with Gasteiger partial charge in [0.2, 0.25) is 0 Å². The predicted octanol–water partition coefficient (Wildman–Crippen LogP) is 3.31. The van der Waals surface area contributed by atoms with Crippen LogP contribution in [0.25, 0.3) is 0 Å². The number of anilines is 2. The molecule has 19 heavy (non-hydrogen) atoms. The number of aromatic nitrogens is 2. The molecule has 5 nitrogen and oxygen atoms in total. The third kappa shape index (κ3) is 3.33. The maximum absolute atomic E-state index is 11.3. The van der Waals surface area contributed by atoms with Crippen molar-refractivity contribution >= 4 is 40.7 Å². The molecule has 0 atom stereocenters. The molecule has 0 bridgehead atoms. The minimum atomic E-state index is -0.562. The van der Waals surface area contributed by atoms with Gasteiger partial charge in [0.25, 0.3) is 0 Å². The Bertz CT molecular complexity index is 620. The number of hydrogen-bond donors (Lipinski definition) is 1. The quantitative estimate of drug-likeness (QED) is 0.881. The number of carbonyl (C=O) groups is 1. The van der Waals surface area contributed by atoms with Gasteiger partial charge in [-0.2, -0.15) is 0 Å². The van der Waals surface area contributed by atoms with Crippen LogP contribution in [-0.4, -0.2) is 23.0 Å². The van der Waals surface area contributed by atoms with Crippen LogP contribution in [0.2, 0.25) is 10.0 Å². The molecule has 7 heteroatoms. The highest BCUT2D eigenvalue weighted by Gasteiger charge is 2.09. The summed E-state index contributed by atoms with van der Waals surface area (Å²) >= 11 is 11.9. The van der Waals surface area contributed by atoms with Crippen molar-refractivity contribution in [3.05, 3.63) is 46.3 Å². The van der Waals surface area contributed by atoms with E-state index < -0.39 is 5.97 Å². The van der Waals surface area contributed by atoms with Gasteiger partial charge in [-0.3, -0.25) is 4.98 Å². The lowest BCUT2D eigenvalue weighted by atomic mass is 10.3. The molecule has 0 aliphatic heterocycles. The summed E-state index contributed by atoms with van der Waals surface area (Å²) in [6.45, 7) is 0. The third-order valence-corrected chi connectivity index (χ3v) is 2.78. The Balaban J connectivity index is 2.28. The van der Waals surface area contributed by atoms with Gasteiger partial charge in [0.1, 0.15) is 5.82 Å². The van der Waals surface area contributed by atoms with Crippen LogP contribution in [0.3, 0.4) is 0 Å². The topological polar surface area (TPSA) is 64.1 Å². The van der Waals surface area contributed by atoms with E-state index in [0.29, 0.717) is 21.6 Å². The smallest absolute Gasteiger partial charge is 0.358 e. The summed E-state index contributed by atoms with van der Waals surface area (Å²) in [4.78, 5) is 19.3. The Morgan fingerprint density at radius 1 is 1.32 bits per heavy atom. The van der Waals surface area contributed by atoms with Gasteiger partial charge in [0.05, 0.1) is 30.2 Å². The van der Waals surface area contributed by atoms with Crippen LogP contribution in [0.15, 0.2) is 30.6 Å². The minimum Gasteiger partial charge on any atom is -0.464 e. The standard InChI is InChI=1S/C12H9Cl2N3O2/c1-19-12(18)10-5-15-6-11(17-10)16-9-4-7(13)2-3-8(9)14/h2-6H,1H3,(H,16,17). The summed E-state index contributed by atoms with van der Waals surface area (Å²) in [5.41, 5.74) is 0.677. The number of halogens is 2. The van der Waals surface area contributed by atoms with Gasteiger partial charge >= 0.3 is 5.97 Å². The average Bonchev–Trinajstić information content (AvgIpc) is 2.42. The van der Waals surface area contributed by atoms with Crippen LogP contribution in [0.5, 0.6) is 0 Å². The normalized spacial score (nSPS) is 10.1. The molecular formula is C12H9Cl2N3O2. The van der Waals surface area contributed by atoms with Crippen LogP contribution < -0.4 is 5.32 Å². The van der Waals surface area contributed by atoms with Crippen molar-refractivity contribution in [3.8, 4) is 0 Å². The van der Waals surface area contributed by atoms with E-state index in [1.54, 1.807) is 18.2 Å². The Morgan fingerprint density at radius 2 is 2.11 bits per heavy atom. The summed E-state index contributed by atoms with van der Waals surface area (Å²) in [5.74, 6) is -0.194. The molecule has 1 N–H and O–H groups in total. The summed E-state index contributed by atoms with van der Waals surface area (Å²) < 4.78 is 4.57. The van der Waals surface area contributed by atoms with Crippen LogP contribution in [0.4, 0.5) is 11.5 Å². The molecule has 0 unspecified atom stereocenters. The van der Waals surface area contributed by atoms with Crippen LogP contribution in [-0.2, 0) is 4.74 Å². The molecule has 2 aromatic rings. The lowest BCUT2D eigenvalue weighted by Crippen LogP contribution is -2.06. The molecule has 0 spiro atoms. The van der Waals surface area contributed by atoms with Gasteiger partial charge in [-0.25, -0.2) is 9.78 Å². The van der Waals surface area contributed by atoms with E-state index in [0.717, 1.165) is 0 Å². The van der Waals surface area contributed by atoms with Gasteiger partial charge in [-0.05, 0) is 18.2 Å². The molecule has 0 radical (unpaired) electrons. The van der Waals surface area contributed by atoms with Crippen molar-refractivity contribution in [2.75, 3.05) is 12.4 Å². The van der Waals surface area contributed by atoms with E-state index in [9.17, 15) is 4.79 Å². The summed E-state index contributed by atoms with van der Waals surface area (Å²) in [6, 6.07) is 4.98. The zero-order valence-electron chi connectivity index (χ0n) is 9.85. The number of nitrogens with zero attached hydrogens (tertiary/aromatic N) is 2. The van der Waals surface area contributed by atoms with Crippen molar-refractivity contribution in [2.45, 2.75) is 0 Å². The number of carbonyl (C=O) groups excluding carboxylic acids is 1. The maximum Gasteiger partial charge on any atom is 0.358 e. The number of ether oxygens (including phenoxy) is 1. The molecule has 0 fully saturated rings. The molecule has 2 rings (SSSR count). The molecule has 0 amide bonds. The number of rotatable bonds is 3. The van der Waals surface area contributed by atoms with Gasteiger partial charge in [-0.1, -0.05) is 23.2 Å². The van der Waals surface area contributed by atoms with Gasteiger partial charge < -0.3 is 10.1 Å². The van der Waals surface area contributed by atoms with Crippen LogP contribution in [0.1, 0.15) is 10.5 Å². The molecule has 0 saturated carbocycles. The molecule has 1 aromatic carbocycles. The van der Waals surface area contributed by atoms with Crippen molar-refractivity contribution in [3.63, 3.8) is 0 Å². The molecular weight excluding hydrogens is 289 g/mol. The SMILES string of the molecule is COC(=O)c1cncc(Nc2cc(Cl)ccc2Cl)n1. The van der Waals surface area contributed by atoms with E-state index in [-0.39, 0.29) is 5.69 Å². The fraction of sp³-hybridized carbons (Fsp3) is 0.0833. The first-order chi connectivity index (χ1) is 9.10. The Morgan fingerprint density at radius 3 is 2.84 bits per heavy atom. The lowest BCUT2D eigenvalue weighted by Gasteiger charge is -2.08.